The van der Waals surface area contributed by atoms with Crippen LogP contribution < -0.4 is 5.32 Å². The van der Waals surface area contributed by atoms with Gasteiger partial charge in [0.25, 0.3) is 0 Å². The van der Waals surface area contributed by atoms with Gasteiger partial charge in [-0.2, -0.15) is 0 Å². The molecule has 6 heteroatoms. The molecule has 28 heavy (non-hydrogen) atoms. The number of urea groups is 1. The van der Waals surface area contributed by atoms with Gasteiger partial charge in [0.2, 0.25) is 0 Å². The summed E-state index contributed by atoms with van der Waals surface area (Å²) in [6, 6.07) is 0.0556. The van der Waals surface area contributed by atoms with E-state index in [4.69, 9.17) is 0 Å². The molecule has 2 fully saturated rings. The lowest BCUT2D eigenvalue weighted by Gasteiger charge is -2.43. The van der Waals surface area contributed by atoms with E-state index in [0.717, 1.165) is 50.5 Å². The van der Waals surface area contributed by atoms with E-state index in [1.54, 1.807) is 0 Å². The summed E-state index contributed by atoms with van der Waals surface area (Å²) in [5.41, 5.74) is 0.375. The quantitative estimate of drug-likeness (QED) is 0.824. The number of fused-ring (bicyclic) bond motifs is 1. The van der Waals surface area contributed by atoms with Crippen molar-refractivity contribution in [1.82, 2.24) is 25.0 Å². The average molecular weight is 388 g/mol. The zero-order valence-electron chi connectivity index (χ0n) is 17.6. The number of piperidine rings is 1. The molecule has 1 unspecified atom stereocenters. The third kappa shape index (κ3) is 4.20. The summed E-state index contributed by atoms with van der Waals surface area (Å²) in [4.78, 5) is 15.3. The molecule has 1 aromatic rings. The first-order valence-corrected chi connectivity index (χ1v) is 11.7. The van der Waals surface area contributed by atoms with Crippen LogP contribution >= 0.6 is 0 Å². The molecule has 0 aromatic carbocycles. The van der Waals surface area contributed by atoms with Crippen LogP contribution in [0.1, 0.15) is 102 Å². The van der Waals surface area contributed by atoms with E-state index < -0.39 is 0 Å². The molecule has 1 atom stereocenters. The number of nitrogens with zero attached hydrogens (tertiary/aromatic N) is 4. The normalized spacial score (nSPS) is 23.5. The maximum Gasteiger partial charge on any atom is 0.318 e. The number of hydrogen-bond acceptors (Lipinski definition) is 3. The summed E-state index contributed by atoms with van der Waals surface area (Å²) in [7, 11) is 0. The summed E-state index contributed by atoms with van der Waals surface area (Å²) < 4.78 is 2.27. The van der Waals surface area contributed by atoms with E-state index in [1.165, 1.54) is 64.2 Å². The number of aryl methyl sites for hydroxylation is 1. The molecule has 3 heterocycles. The van der Waals surface area contributed by atoms with Crippen LogP contribution in [0.15, 0.2) is 0 Å². The minimum Gasteiger partial charge on any atom is -0.328 e. The Morgan fingerprint density at radius 1 is 1.00 bits per heavy atom. The number of hydrogen-bond donors (Lipinski definition) is 1. The first kappa shape index (κ1) is 19.7. The molecule has 1 spiro atoms. The van der Waals surface area contributed by atoms with Crippen molar-refractivity contribution in [2.45, 2.75) is 103 Å². The van der Waals surface area contributed by atoms with Gasteiger partial charge in [0.15, 0.2) is 5.82 Å². The smallest absolute Gasteiger partial charge is 0.318 e. The third-order valence-electron chi connectivity index (χ3n) is 7.27. The summed E-state index contributed by atoms with van der Waals surface area (Å²) in [5, 5.41) is 12.2. The van der Waals surface area contributed by atoms with Gasteiger partial charge < -0.3 is 14.8 Å². The third-order valence-corrected chi connectivity index (χ3v) is 7.27. The van der Waals surface area contributed by atoms with Crippen LogP contribution in [0.25, 0.3) is 0 Å². The molecule has 1 saturated carbocycles. The van der Waals surface area contributed by atoms with E-state index >= 15 is 0 Å². The fraction of sp³-hybridized carbons (Fsp3) is 0.864. The number of carbonyl (C=O) groups excluding carboxylic acids is 1. The topological polar surface area (TPSA) is 63.1 Å². The SMILES string of the molecule is CCC(NC(=O)N1CCCC2(CCCCCC2)C1)c1nnc2n1CCCCC2. The van der Waals surface area contributed by atoms with Crippen LogP contribution in [0.2, 0.25) is 0 Å². The minimum atomic E-state index is -0.0427. The molecule has 3 aliphatic rings. The Bertz CT molecular complexity index is 662. The Morgan fingerprint density at radius 3 is 2.54 bits per heavy atom. The largest absolute Gasteiger partial charge is 0.328 e. The molecular weight excluding hydrogens is 350 g/mol. The number of amides is 2. The van der Waals surface area contributed by atoms with Crippen LogP contribution in [0, 0.1) is 5.41 Å². The Kier molecular flexibility index (Phi) is 6.22. The van der Waals surface area contributed by atoms with Gasteiger partial charge >= 0.3 is 6.03 Å². The number of aromatic nitrogens is 3. The van der Waals surface area contributed by atoms with Crippen LogP contribution in [0.3, 0.4) is 0 Å². The lowest BCUT2D eigenvalue weighted by Crippen LogP contribution is -2.50. The standard InChI is InChI=1S/C22H37N5O/c1-2-18(20-25-24-19-11-6-5-9-16-27(19)20)23-21(28)26-15-10-14-22(17-26)12-7-3-4-8-13-22/h18H,2-17H2,1H3,(H,23,28). The van der Waals surface area contributed by atoms with Gasteiger partial charge in [0.1, 0.15) is 5.82 Å². The lowest BCUT2D eigenvalue weighted by molar-refractivity contribution is 0.0891. The Hall–Kier alpha value is -1.59. The van der Waals surface area contributed by atoms with E-state index in [0.29, 0.717) is 5.41 Å². The fourth-order valence-corrected chi connectivity index (χ4v) is 5.62. The highest BCUT2D eigenvalue weighted by Gasteiger charge is 2.37. The molecule has 4 rings (SSSR count). The van der Waals surface area contributed by atoms with Gasteiger partial charge in [0, 0.05) is 26.1 Å². The molecule has 1 N–H and O–H groups in total. The zero-order valence-corrected chi connectivity index (χ0v) is 17.6. The lowest BCUT2D eigenvalue weighted by atomic mass is 9.74. The maximum absolute atomic E-state index is 13.2. The highest BCUT2D eigenvalue weighted by atomic mass is 16.2. The molecule has 1 aromatic heterocycles. The van der Waals surface area contributed by atoms with Gasteiger partial charge in [-0.25, -0.2) is 4.79 Å². The second-order valence-electron chi connectivity index (χ2n) is 9.29. The van der Waals surface area contributed by atoms with Gasteiger partial charge in [-0.15, -0.1) is 10.2 Å². The summed E-state index contributed by atoms with van der Waals surface area (Å²) in [6.07, 6.45) is 15.9. The van der Waals surface area contributed by atoms with Crippen molar-refractivity contribution >= 4 is 6.03 Å². The monoisotopic (exact) mass is 387 g/mol. The number of carbonyl (C=O) groups is 1. The highest BCUT2D eigenvalue weighted by Crippen LogP contribution is 2.42. The Balaban J connectivity index is 1.44. The number of rotatable bonds is 3. The van der Waals surface area contributed by atoms with Gasteiger partial charge in [0.05, 0.1) is 6.04 Å². The van der Waals surface area contributed by atoms with Crippen molar-refractivity contribution in [3.8, 4) is 0 Å². The Morgan fingerprint density at radius 2 is 1.75 bits per heavy atom. The van der Waals surface area contributed by atoms with Crippen LogP contribution in [-0.2, 0) is 13.0 Å². The molecule has 2 amide bonds. The first-order valence-electron chi connectivity index (χ1n) is 11.7. The number of likely N-dealkylation sites (tertiary alicyclic amines) is 1. The molecule has 2 aliphatic heterocycles. The van der Waals surface area contributed by atoms with Crippen molar-refractivity contribution in [2.75, 3.05) is 13.1 Å². The molecule has 1 saturated heterocycles. The van der Waals surface area contributed by atoms with Gasteiger partial charge in [-0.3, -0.25) is 0 Å². The zero-order chi connectivity index (χ0) is 19.4. The van der Waals surface area contributed by atoms with Gasteiger partial charge in [-0.05, 0) is 50.4 Å². The predicted octanol–water partition coefficient (Wildman–Crippen LogP) is 4.60. The molecule has 0 bridgehead atoms. The predicted molar refractivity (Wildman–Crippen MR) is 110 cm³/mol. The highest BCUT2D eigenvalue weighted by molar-refractivity contribution is 5.74. The van der Waals surface area contributed by atoms with E-state index in [1.807, 2.05) is 0 Å². The molecular formula is C22H37N5O. The van der Waals surface area contributed by atoms with Crippen LogP contribution in [0.4, 0.5) is 4.79 Å². The summed E-state index contributed by atoms with van der Waals surface area (Å²) >= 11 is 0. The summed E-state index contributed by atoms with van der Waals surface area (Å²) in [5.74, 6) is 2.05. The molecule has 156 valence electrons. The number of nitrogens with one attached hydrogen (secondary N) is 1. The average Bonchev–Trinajstić information content (AvgIpc) is 2.88. The molecule has 0 radical (unpaired) electrons. The first-order chi connectivity index (χ1) is 13.7. The van der Waals surface area contributed by atoms with Gasteiger partial charge in [-0.1, -0.05) is 39.0 Å². The Labute approximate surface area is 169 Å². The van der Waals surface area contributed by atoms with E-state index in [2.05, 4.69) is 31.9 Å². The minimum absolute atomic E-state index is 0.0427. The van der Waals surface area contributed by atoms with Crippen molar-refractivity contribution in [3.63, 3.8) is 0 Å². The van der Waals surface area contributed by atoms with E-state index in [9.17, 15) is 4.79 Å². The molecule has 1 aliphatic carbocycles. The van der Waals surface area contributed by atoms with Crippen molar-refractivity contribution < 1.29 is 4.79 Å². The van der Waals surface area contributed by atoms with E-state index in [-0.39, 0.29) is 12.1 Å². The second-order valence-corrected chi connectivity index (χ2v) is 9.29. The molecule has 6 nitrogen and oxygen atoms in total. The summed E-state index contributed by atoms with van der Waals surface area (Å²) in [6.45, 7) is 4.94. The van der Waals surface area contributed by atoms with Crippen molar-refractivity contribution in [3.05, 3.63) is 11.6 Å². The van der Waals surface area contributed by atoms with Crippen molar-refractivity contribution in [2.24, 2.45) is 5.41 Å². The fourth-order valence-electron chi connectivity index (χ4n) is 5.62. The van der Waals surface area contributed by atoms with Crippen molar-refractivity contribution in [1.29, 1.82) is 0 Å². The van der Waals surface area contributed by atoms with Crippen LogP contribution in [-0.4, -0.2) is 38.8 Å². The van der Waals surface area contributed by atoms with Crippen LogP contribution in [0.5, 0.6) is 0 Å². The maximum atomic E-state index is 13.2. The second kappa shape index (κ2) is 8.83.